The molecule has 5 rings (SSSR count). The van der Waals surface area contributed by atoms with Crippen molar-refractivity contribution in [1.29, 1.82) is 0 Å². The highest BCUT2D eigenvalue weighted by Crippen LogP contribution is 2.30. The van der Waals surface area contributed by atoms with Crippen LogP contribution in [0.2, 0.25) is 0 Å². The number of nitrogens with zero attached hydrogens (tertiary/aromatic N) is 2. The zero-order valence-corrected chi connectivity index (χ0v) is 25.7. The van der Waals surface area contributed by atoms with Crippen molar-refractivity contribution in [2.75, 3.05) is 31.5 Å². The molecule has 0 spiro atoms. The minimum atomic E-state index is -0.302. The van der Waals surface area contributed by atoms with Gasteiger partial charge in [0, 0.05) is 31.7 Å². The first-order valence-corrected chi connectivity index (χ1v) is 15.1. The maximum atomic E-state index is 13.7. The number of amides is 2. The lowest BCUT2D eigenvalue weighted by Crippen LogP contribution is -2.50. The van der Waals surface area contributed by atoms with E-state index < -0.39 is 0 Å². The van der Waals surface area contributed by atoms with Gasteiger partial charge in [0.05, 0.1) is 17.3 Å². The number of carbonyl (C=O) groups is 2. The molecule has 43 heavy (non-hydrogen) atoms. The number of anilines is 1. The van der Waals surface area contributed by atoms with Gasteiger partial charge in [-0.15, -0.1) is 0 Å². The molecule has 0 bridgehead atoms. The fraction of sp³-hybridized carbons (Fsp3) is 0.250. The van der Waals surface area contributed by atoms with Crippen molar-refractivity contribution in [2.45, 2.75) is 32.2 Å². The van der Waals surface area contributed by atoms with Gasteiger partial charge in [0.1, 0.15) is 0 Å². The van der Waals surface area contributed by atoms with Crippen molar-refractivity contribution in [3.8, 4) is 0 Å². The van der Waals surface area contributed by atoms with Crippen molar-refractivity contribution >= 4 is 34.8 Å². The molecule has 2 amide bonds. The summed E-state index contributed by atoms with van der Waals surface area (Å²) in [6.45, 7) is 9.10. The maximum Gasteiger partial charge on any atom is 0.257 e. The first kappa shape index (κ1) is 30.1. The molecule has 0 unspecified atom stereocenters. The van der Waals surface area contributed by atoms with Crippen LogP contribution in [0, 0.1) is 0 Å². The Labute approximate surface area is 259 Å². The second-order valence-electron chi connectivity index (χ2n) is 11.8. The fourth-order valence-corrected chi connectivity index (χ4v) is 5.67. The lowest BCUT2D eigenvalue weighted by atomic mass is 9.87. The van der Waals surface area contributed by atoms with Gasteiger partial charge in [0.25, 0.3) is 11.8 Å². The van der Waals surface area contributed by atoms with Gasteiger partial charge in [0.2, 0.25) is 0 Å². The van der Waals surface area contributed by atoms with E-state index in [1.807, 2.05) is 41.3 Å². The van der Waals surface area contributed by atoms with E-state index in [9.17, 15) is 9.59 Å². The van der Waals surface area contributed by atoms with Gasteiger partial charge < -0.3 is 10.2 Å². The number of piperazine rings is 1. The molecule has 4 aromatic rings. The van der Waals surface area contributed by atoms with Crippen molar-refractivity contribution in [2.24, 2.45) is 0 Å². The molecule has 1 fully saturated rings. The average molecular weight is 591 g/mol. The SMILES string of the molecule is CC(C)(C)c1ccc(C(=O)NC(=S)Nc2ccccc2C(=O)N2CCN(C(c3ccccc3)c3ccccc3)CC2)cc1. The first-order valence-electron chi connectivity index (χ1n) is 14.7. The molecule has 0 aliphatic carbocycles. The fourth-order valence-electron chi connectivity index (χ4n) is 5.47. The van der Waals surface area contributed by atoms with Crippen LogP contribution in [0.1, 0.15) is 64.2 Å². The van der Waals surface area contributed by atoms with E-state index in [-0.39, 0.29) is 28.4 Å². The van der Waals surface area contributed by atoms with Crippen LogP contribution in [0.3, 0.4) is 0 Å². The molecule has 220 valence electrons. The smallest absolute Gasteiger partial charge is 0.257 e. The van der Waals surface area contributed by atoms with Crippen LogP contribution in [-0.4, -0.2) is 52.9 Å². The molecule has 1 aliphatic heterocycles. The molecular weight excluding hydrogens is 552 g/mol. The highest BCUT2D eigenvalue weighted by Gasteiger charge is 2.29. The van der Waals surface area contributed by atoms with E-state index in [2.05, 4.69) is 84.8 Å². The molecule has 0 aromatic heterocycles. The van der Waals surface area contributed by atoms with Crippen LogP contribution in [0.4, 0.5) is 5.69 Å². The summed E-state index contributed by atoms with van der Waals surface area (Å²) in [6, 6.07) is 36.0. The number of rotatable bonds is 6. The number of hydrogen-bond acceptors (Lipinski definition) is 4. The Morgan fingerprint density at radius 1 is 0.721 bits per heavy atom. The molecule has 0 atom stereocenters. The Bertz CT molecular complexity index is 1520. The largest absolute Gasteiger partial charge is 0.336 e. The van der Waals surface area contributed by atoms with E-state index in [1.54, 1.807) is 24.3 Å². The number of hydrogen-bond donors (Lipinski definition) is 2. The number of benzene rings is 4. The predicted molar refractivity (Wildman–Crippen MR) is 177 cm³/mol. The van der Waals surface area contributed by atoms with E-state index in [4.69, 9.17) is 12.2 Å². The molecule has 4 aromatic carbocycles. The lowest BCUT2D eigenvalue weighted by Gasteiger charge is -2.40. The summed E-state index contributed by atoms with van der Waals surface area (Å²) in [5.41, 5.74) is 5.23. The van der Waals surface area contributed by atoms with Crippen molar-refractivity contribution < 1.29 is 9.59 Å². The summed E-state index contributed by atoms with van der Waals surface area (Å²) in [5, 5.41) is 5.97. The molecule has 2 N–H and O–H groups in total. The summed E-state index contributed by atoms with van der Waals surface area (Å²) in [4.78, 5) is 30.9. The number of thiocarbonyl (C=S) groups is 1. The van der Waals surface area contributed by atoms with Gasteiger partial charge in [-0.3, -0.25) is 19.8 Å². The van der Waals surface area contributed by atoms with Gasteiger partial charge in [-0.05, 0) is 58.6 Å². The van der Waals surface area contributed by atoms with Crippen LogP contribution < -0.4 is 10.6 Å². The molecule has 7 heteroatoms. The summed E-state index contributed by atoms with van der Waals surface area (Å²) >= 11 is 5.46. The Morgan fingerprint density at radius 3 is 1.81 bits per heavy atom. The molecule has 1 saturated heterocycles. The third-order valence-electron chi connectivity index (χ3n) is 7.84. The third-order valence-corrected chi connectivity index (χ3v) is 8.05. The van der Waals surface area contributed by atoms with Gasteiger partial charge >= 0.3 is 0 Å². The van der Waals surface area contributed by atoms with Crippen LogP contribution >= 0.6 is 12.2 Å². The van der Waals surface area contributed by atoms with Crippen LogP contribution in [0.15, 0.2) is 109 Å². The first-order chi connectivity index (χ1) is 20.7. The average Bonchev–Trinajstić information content (AvgIpc) is 3.02. The Morgan fingerprint density at radius 2 is 1.26 bits per heavy atom. The zero-order valence-electron chi connectivity index (χ0n) is 24.9. The summed E-state index contributed by atoms with van der Waals surface area (Å²) in [5.74, 6) is -0.366. The summed E-state index contributed by atoms with van der Waals surface area (Å²) in [7, 11) is 0. The number of para-hydroxylation sites is 1. The van der Waals surface area contributed by atoms with Gasteiger partial charge in [0.15, 0.2) is 5.11 Å². The van der Waals surface area contributed by atoms with E-state index in [1.165, 1.54) is 11.1 Å². The van der Waals surface area contributed by atoms with Crippen molar-refractivity contribution in [1.82, 2.24) is 15.1 Å². The quantitative estimate of drug-likeness (QED) is 0.246. The van der Waals surface area contributed by atoms with E-state index in [0.717, 1.165) is 18.7 Å². The molecule has 0 radical (unpaired) electrons. The van der Waals surface area contributed by atoms with E-state index in [0.29, 0.717) is 29.9 Å². The lowest BCUT2D eigenvalue weighted by molar-refractivity contribution is 0.0598. The van der Waals surface area contributed by atoms with Gasteiger partial charge in [-0.2, -0.15) is 0 Å². The molecule has 1 aliphatic rings. The maximum absolute atomic E-state index is 13.7. The normalized spacial score (nSPS) is 13.9. The van der Waals surface area contributed by atoms with Crippen LogP contribution in [0.25, 0.3) is 0 Å². The van der Waals surface area contributed by atoms with Gasteiger partial charge in [-0.25, -0.2) is 0 Å². The van der Waals surface area contributed by atoms with Crippen LogP contribution in [-0.2, 0) is 5.41 Å². The van der Waals surface area contributed by atoms with Gasteiger partial charge in [-0.1, -0.05) is 106 Å². The summed E-state index contributed by atoms with van der Waals surface area (Å²) in [6.07, 6.45) is 0. The minimum absolute atomic E-state index is 0.000248. The third kappa shape index (κ3) is 7.37. The summed E-state index contributed by atoms with van der Waals surface area (Å²) < 4.78 is 0. The monoisotopic (exact) mass is 590 g/mol. The van der Waals surface area contributed by atoms with E-state index >= 15 is 0 Å². The standard InChI is InChI=1S/C36H38N4O2S/c1-36(2,3)29-20-18-28(19-21-29)33(41)38-35(43)37-31-17-11-10-16-30(31)34(42)40-24-22-39(23-25-40)32(26-12-6-4-7-13-26)27-14-8-5-9-15-27/h4-21,32H,22-25H2,1-3H3,(H2,37,38,41,43). The molecule has 6 nitrogen and oxygen atoms in total. The minimum Gasteiger partial charge on any atom is -0.336 e. The Hall–Kier alpha value is -4.33. The number of carbonyl (C=O) groups excluding carboxylic acids is 2. The zero-order chi connectivity index (χ0) is 30.4. The Kier molecular flexibility index (Phi) is 9.34. The molecule has 0 saturated carbocycles. The van der Waals surface area contributed by atoms with Crippen molar-refractivity contribution in [3.63, 3.8) is 0 Å². The number of nitrogens with one attached hydrogen (secondary N) is 2. The van der Waals surface area contributed by atoms with Crippen molar-refractivity contribution in [3.05, 3.63) is 137 Å². The van der Waals surface area contributed by atoms with Crippen LogP contribution in [0.5, 0.6) is 0 Å². The predicted octanol–water partition coefficient (Wildman–Crippen LogP) is 6.66. The molecule has 1 heterocycles. The topological polar surface area (TPSA) is 64.7 Å². The second-order valence-corrected chi connectivity index (χ2v) is 12.2. The highest BCUT2D eigenvalue weighted by atomic mass is 32.1. The highest BCUT2D eigenvalue weighted by molar-refractivity contribution is 7.80. The second kappa shape index (κ2) is 13.3. The molecular formula is C36H38N4O2S. The Balaban J connectivity index is 1.23.